The molecule has 2 aromatic rings. The maximum Gasteiger partial charge on any atom is 0.224 e. The molecule has 1 amide bonds. The van der Waals surface area contributed by atoms with Crippen molar-refractivity contribution in [1.29, 1.82) is 0 Å². The Bertz CT molecular complexity index is 775. The van der Waals surface area contributed by atoms with E-state index in [-0.39, 0.29) is 18.1 Å². The average molecular weight is 355 g/mol. The van der Waals surface area contributed by atoms with Crippen LogP contribution in [0.3, 0.4) is 0 Å². The number of halogens is 1. The van der Waals surface area contributed by atoms with Crippen molar-refractivity contribution < 1.29 is 9.18 Å². The van der Waals surface area contributed by atoms with Gasteiger partial charge >= 0.3 is 0 Å². The molecule has 4 nitrogen and oxygen atoms in total. The number of nitrogens with zero attached hydrogens (tertiary/aromatic N) is 2. The zero-order valence-corrected chi connectivity index (χ0v) is 15.1. The smallest absolute Gasteiger partial charge is 0.224 e. The Morgan fingerprint density at radius 2 is 1.85 bits per heavy atom. The third kappa shape index (κ3) is 3.67. The summed E-state index contributed by atoms with van der Waals surface area (Å²) in [6, 6.07) is 6.65. The van der Waals surface area contributed by atoms with Gasteiger partial charge < -0.3 is 5.32 Å². The molecule has 1 saturated carbocycles. The number of carbonyl (C=O) groups is 1. The van der Waals surface area contributed by atoms with E-state index in [2.05, 4.69) is 10.00 Å². The van der Waals surface area contributed by atoms with Gasteiger partial charge in [0.25, 0.3) is 0 Å². The summed E-state index contributed by atoms with van der Waals surface area (Å²) in [5.74, 6) is -0.324. The van der Waals surface area contributed by atoms with Crippen molar-refractivity contribution >= 4 is 5.91 Å². The molecule has 26 heavy (non-hydrogen) atoms. The molecule has 0 unspecified atom stereocenters. The van der Waals surface area contributed by atoms with Gasteiger partial charge in [-0.25, -0.2) is 4.39 Å². The van der Waals surface area contributed by atoms with Gasteiger partial charge in [-0.05, 0) is 61.8 Å². The number of hydrogen-bond donors (Lipinski definition) is 1. The molecule has 0 saturated heterocycles. The van der Waals surface area contributed by atoms with Crippen LogP contribution < -0.4 is 5.32 Å². The van der Waals surface area contributed by atoms with Crippen molar-refractivity contribution in [2.45, 2.75) is 70.4 Å². The monoisotopic (exact) mass is 355 g/mol. The third-order valence-electron chi connectivity index (χ3n) is 5.69. The van der Waals surface area contributed by atoms with Gasteiger partial charge in [0.2, 0.25) is 5.91 Å². The fourth-order valence-corrected chi connectivity index (χ4v) is 4.33. The lowest BCUT2D eigenvalue weighted by atomic mass is 9.95. The highest BCUT2D eigenvalue weighted by molar-refractivity contribution is 5.78. The lowest BCUT2D eigenvalue weighted by Gasteiger charge is -2.18. The zero-order chi connectivity index (χ0) is 17.9. The molecule has 1 N–H and O–H groups in total. The van der Waals surface area contributed by atoms with Crippen molar-refractivity contribution in [3.63, 3.8) is 0 Å². The molecule has 1 heterocycles. The minimum absolute atomic E-state index is 0.0448. The fourth-order valence-electron chi connectivity index (χ4n) is 4.33. The summed E-state index contributed by atoms with van der Waals surface area (Å²) < 4.78 is 15.3. The van der Waals surface area contributed by atoms with E-state index in [1.807, 2.05) is 0 Å². The first kappa shape index (κ1) is 17.3. The van der Waals surface area contributed by atoms with E-state index in [9.17, 15) is 9.18 Å². The van der Waals surface area contributed by atoms with E-state index in [0.29, 0.717) is 12.6 Å². The van der Waals surface area contributed by atoms with Gasteiger partial charge in [0.1, 0.15) is 5.82 Å². The number of carbonyl (C=O) groups excluding carboxylic acids is 1. The number of aromatic nitrogens is 2. The summed E-state index contributed by atoms with van der Waals surface area (Å²) in [5.41, 5.74) is 4.64. The average Bonchev–Trinajstić information content (AvgIpc) is 3.30. The summed E-state index contributed by atoms with van der Waals surface area (Å²) >= 11 is 0. The van der Waals surface area contributed by atoms with Gasteiger partial charge in [-0.1, -0.05) is 25.0 Å². The molecule has 138 valence electrons. The lowest BCUT2D eigenvalue weighted by Crippen LogP contribution is -2.25. The number of nitrogens with one attached hydrogen (secondary N) is 1. The van der Waals surface area contributed by atoms with E-state index < -0.39 is 0 Å². The van der Waals surface area contributed by atoms with Crippen molar-refractivity contribution in [3.05, 3.63) is 52.6 Å². The predicted molar refractivity (Wildman–Crippen MR) is 98.3 cm³/mol. The molecule has 1 fully saturated rings. The van der Waals surface area contributed by atoms with Crippen LogP contribution in [-0.4, -0.2) is 15.7 Å². The molecule has 0 spiro atoms. The minimum Gasteiger partial charge on any atom is -0.350 e. The van der Waals surface area contributed by atoms with Gasteiger partial charge in [0.05, 0.1) is 24.7 Å². The Morgan fingerprint density at radius 1 is 1.12 bits per heavy atom. The van der Waals surface area contributed by atoms with Crippen LogP contribution in [0, 0.1) is 5.82 Å². The molecule has 1 aromatic heterocycles. The normalized spacial score (nSPS) is 17.3. The molecular formula is C21H26FN3O. The molecule has 2 aliphatic carbocycles. The highest BCUT2D eigenvalue weighted by atomic mass is 19.1. The van der Waals surface area contributed by atoms with E-state index in [1.54, 1.807) is 12.1 Å². The molecule has 5 heteroatoms. The minimum atomic E-state index is -0.279. The van der Waals surface area contributed by atoms with Crippen molar-refractivity contribution in [2.75, 3.05) is 0 Å². The molecular weight excluding hydrogens is 329 g/mol. The predicted octanol–water partition coefficient (Wildman–Crippen LogP) is 3.88. The van der Waals surface area contributed by atoms with E-state index >= 15 is 0 Å². The Labute approximate surface area is 153 Å². The second kappa shape index (κ2) is 7.60. The topological polar surface area (TPSA) is 46.9 Å². The highest BCUT2D eigenvalue weighted by Gasteiger charge is 2.26. The first-order valence-corrected chi connectivity index (χ1v) is 9.81. The molecule has 0 aliphatic heterocycles. The molecule has 1 aromatic carbocycles. The number of hydrogen-bond acceptors (Lipinski definition) is 2. The van der Waals surface area contributed by atoms with Crippen LogP contribution in [0.2, 0.25) is 0 Å². The van der Waals surface area contributed by atoms with Gasteiger partial charge in [-0.2, -0.15) is 5.10 Å². The van der Waals surface area contributed by atoms with E-state index in [1.165, 1.54) is 61.9 Å². The molecule has 0 radical (unpaired) electrons. The van der Waals surface area contributed by atoms with Crippen LogP contribution in [0.15, 0.2) is 24.3 Å². The van der Waals surface area contributed by atoms with Crippen LogP contribution in [0.1, 0.15) is 67.1 Å². The Hall–Kier alpha value is -2.17. The third-order valence-corrected chi connectivity index (χ3v) is 5.69. The Kier molecular flexibility index (Phi) is 5.05. The number of amides is 1. The van der Waals surface area contributed by atoms with Crippen LogP contribution in [-0.2, 0) is 30.6 Å². The molecule has 0 atom stereocenters. The standard InChI is InChI=1S/C21H26FN3O/c22-16-11-9-15(10-12-16)13-21(26)23-14-19-18-7-3-4-8-20(18)25(24-19)17-5-1-2-6-17/h9-12,17H,1-8,13-14H2,(H,23,26). The van der Waals surface area contributed by atoms with Crippen molar-refractivity contribution in [3.8, 4) is 0 Å². The summed E-state index contributed by atoms with van der Waals surface area (Å²) in [6.45, 7) is 0.488. The Balaban J connectivity index is 1.44. The quantitative estimate of drug-likeness (QED) is 0.885. The fraction of sp³-hybridized carbons (Fsp3) is 0.524. The summed E-state index contributed by atoms with van der Waals surface area (Å²) in [4.78, 5) is 12.3. The number of benzene rings is 1. The zero-order valence-electron chi connectivity index (χ0n) is 15.1. The summed E-state index contributed by atoms with van der Waals surface area (Å²) in [7, 11) is 0. The van der Waals surface area contributed by atoms with E-state index in [0.717, 1.165) is 24.1 Å². The molecule has 0 bridgehead atoms. The molecule has 4 rings (SSSR count). The van der Waals surface area contributed by atoms with E-state index in [4.69, 9.17) is 5.10 Å². The largest absolute Gasteiger partial charge is 0.350 e. The van der Waals surface area contributed by atoms with Crippen molar-refractivity contribution in [1.82, 2.24) is 15.1 Å². The second-order valence-electron chi connectivity index (χ2n) is 7.54. The van der Waals surface area contributed by atoms with Crippen LogP contribution in [0.4, 0.5) is 4.39 Å². The van der Waals surface area contributed by atoms with Crippen LogP contribution >= 0.6 is 0 Å². The number of fused-ring (bicyclic) bond motifs is 1. The van der Waals surface area contributed by atoms with Crippen molar-refractivity contribution in [2.24, 2.45) is 0 Å². The van der Waals surface area contributed by atoms with Gasteiger partial charge in [-0.15, -0.1) is 0 Å². The second-order valence-corrected chi connectivity index (χ2v) is 7.54. The highest BCUT2D eigenvalue weighted by Crippen LogP contribution is 2.34. The van der Waals surface area contributed by atoms with Gasteiger partial charge in [-0.3, -0.25) is 9.48 Å². The van der Waals surface area contributed by atoms with Crippen LogP contribution in [0.5, 0.6) is 0 Å². The molecule has 2 aliphatic rings. The lowest BCUT2D eigenvalue weighted by molar-refractivity contribution is -0.120. The first-order valence-electron chi connectivity index (χ1n) is 9.81. The summed E-state index contributed by atoms with van der Waals surface area (Å²) in [6.07, 6.45) is 9.95. The summed E-state index contributed by atoms with van der Waals surface area (Å²) in [5, 5.41) is 7.92. The first-order chi connectivity index (χ1) is 12.7. The van der Waals surface area contributed by atoms with Crippen LogP contribution in [0.25, 0.3) is 0 Å². The maximum absolute atomic E-state index is 13.0. The number of rotatable bonds is 5. The van der Waals surface area contributed by atoms with Gasteiger partial charge in [0, 0.05) is 5.69 Å². The SMILES string of the molecule is O=C(Cc1ccc(F)cc1)NCc1nn(C2CCCC2)c2c1CCCC2. The van der Waals surface area contributed by atoms with Gasteiger partial charge in [0.15, 0.2) is 0 Å². The Morgan fingerprint density at radius 3 is 2.62 bits per heavy atom. The maximum atomic E-state index is 13.0.